The molecule has 2 aromatic carbocycles. The van der Waals surface area contributed by atoms with Crippen LogP contribution in [0.4, 0.5) is 8.78 Å². The van der Waals surface area contributed by atoms with E-state index in [1.807, 2.05) is 20.0 Å². The molecular weight excluding hydrogens is 442 g/mol. The molecule has 0 bridgehead atoms. The Kier molecular flexibility index (Phi) is 7.89. The number of aromatic nitrogens is 2. The van der Waals surface area contributed by atoms with Crippen LogP contribution >= 0.6 is 0 Å². The van der Waals surface area contributed by atoms with E-state index >= 15 is 0 Å². The summed E-state index contributed by atoms with van der Waals surface area (Å²) in [7, 11) is 3.73. The van der Waals surface area contributed by atoms with Gasteiger partial charge in [-0.2, -0.15) is 5.10 Å². The molecule has 0 atom stereocenters. The molecule has 35 heavy (non-hydrogen) atoms. The van der Waals surface area contributed by atoms with E-state index in [1.54, 1.807) is 30.2 Å². The summed E-state index contributed by atoms with van der Waals surface area (Å²) in [5, 5.41) is 7.35. The van der Waals surface area contributed by atoms with Gasteiger partial charge in [0, 0.05) is 44.5 Å². The first-order chi connectivity index (χ1) is 16.9. The number of benzene rings is 2. The van der Waals surface area contributed by atoms with Crippen LogP contribution in [0.2, 0.25) is 0 Å². The number of hydrogen-bond acceptors (Lipinski definition) is 3. The van der Waals surface area contributed by atoms with Crippen LogP contribution in [0.15, 0.2) is 55.1 Å². The van der Waals surface area contributed by atoms with Crippen molar-refractivity contribution >= 4 is 0 Å². The molecule has 0 radical (unpaired) electrons. The molecule has 4 rings (SSSR count). The summed E-state index contributed by atoms with van der Waals surface area (Å²) in [6.45, 7) is 8.00. The zero-order valence-electron chi connectivity index (χ0n) is 21.1. The Morgan fingerprint density at radius 1 is 1.14 bits per heavy atom. The average Bonchev–Trinajstić information content (AvgIpc) is 3.16. The van der Waals surface area contributed by atoms with Gasteiger partial charge in [-0.05, 0) is 84.9 Å². The normalized spacial score (nSPS) is 13.6. The van der Waals surface area contributed by atoms with E-state index in [0.29, 0.717) is 5.56 Å². The average molecular weight is 479 g/mol. The first-order valence-corrected chi connectivity index (χ1v) is 12.5. The maximum absolute atomic E-state index is 13.7. The van der Waals surface area contributed by atoms with Crippen molar-refractivity contribution in [3.05, 3.63) is 88.5 Å². The standard InChI is InChI=1S/C29H36F2N4/c1-20-14-28(29(30)31)27(26-17-33-34(4)18-26)16-24(20)9-6-5-8-22-11-12-23-10-7-13-35(21(2)32-3)19-25(23)15-22/h11-12,14-18,29,32H,2,5-10,13,19H2,1,3-4H3. The van der Waals surface area contributed by atoms with Gasteiger partial charge in [0.25, 0.3) is 6.43 Å². The first-order valence-electron chi connectivity index (χ1n) is 12.5. The molecule has 0 saturated carbocycles. The number of fused-ring (bicyclic) bond motifs is 1. The van der Waals surface area contributed by atoms with Crippen molar-refractivity contribution in [2.45, 2.75) is 58.4 Å². The summed E-state index contributed by atoms with van der Waals surface area (Å²) in [6.07, 6.45) is 7.16. The van der Waals surface area contributed by atoms with Crippen molar-refractivity contribution in [3.63, 3.8) is 0 Å². The van der Waals surface area contributed by atoms with Crippen molar-refractivity contribution in [2.24, 2.45) is 7.05 Å². The van der Waals surface area contributed by atoms with E-state index in [2.05, 4.69) is 40.1 Å². The predicted octanol–water partition coefficient (Wildman–Crippen LogP) is 6.34. The third kappa shape index (κ3) is 5.92. The van der Waals surface area contributed by atoms with E-state index < -0.39 is 6.43 Å². The summed E-state index contributed by atoms with van der Waals surface area (Å²) in [6, 6.07) is 10.5. The van der Waals surface area contributed by atoms with Crippen LogP contribution in [-0.2, 0) is 32.9 Å². The summed E-state index contributed by atoms with van der Waals surface area (Å²) in [5.41, 5.74) is 7.69. The molecule has 0 amide bonds. The lowest BCUT2D eigenvalue weighted by Gasteiger charge is -2.25. The lowest BCUT2D eigenvalue weighted by Crippen LogP contribution is -2.28. The van der Waals surface area contributed by atoms with Crippen molar-refractivity contribution in [3.8, 4) is 11.1 Å². The summed E-state index contributed by atoms with van der Waals surface area (Å²) < 4.78 is 29.1. The Hall–Kier alpha value is -3.15. The second-order valence-electron chi connectivity index (χ2n) is 9.60. The molecule has 4 nitrogen and oxygen atoms in total. The first kappa shape index (κ1) is 25.0. The molecule has 1 aromatic heterocycles. The minimum absolute atomic E-state index is 0.0826. The van der Waals surface area contributed by atoms with E-state index in [0.717, 1.165) is 74.1 Å². The molecule has 186 valence electrons. The number of alkyl halides is 2. The van der Waals surface area contributed by atoms with Gasteiger partial charge in [-0.15, -0.1) is 0 Å². The SMILES string of the molecule is C=C(NC)N1CCCc2ccc(CCCCc3cc(-c4cnn(C)c4)c(C(F)F)cc3C)cc2C1. The van der Waals surface area contributed by atoms with Crippen LogP contribution in [0.5, 0.6) is 0 Å². The molecule has 2 heterocycles. The van der Waals surface area contributed by atoms with E-state index in [-0.39, 0.29) is 5.56 Å². The fourth-order valence-electron chi connectivity index (χ4n) is 5.04. The molecule has 0 fully saturated rings. The highest BCUT2D eigenvalue weighted by molar-refractivity contribution is 5.68. The number of unbranched alkanes of at least 4 members (excludes halogenated alkanes) is 1. The van der Waals surface area contributed by atoms with Crippen molar-refractivity contribution < 1.29 is 8.78 Å². The quantitative estimate of drug-likeness (QED) is 0.365. The van der Waals surface area contributed by atoms with Gasteiger partial charge in [0.1, 0.15) is 0 Å². The van der Waals surface area contributed by atoms with Gasteiger partial charge in [-0.25, -0.2) is 8.78 Å². The maximum Gasteiger partial charge on any atom is 0.264 e. The number of rotatable bonds is 9. The fourth-order valence-corrected chi connectivity index (χ4v) is 5.04. The highest BCUT2D eigenvalue weighted by Crippen LogP contribution is 2.34. The zero-order valence-corrected chi connectivity index (χ0v) is 21.1. The molecule has 3 aromatic rings. The van der Waals surface area contributed by atoms with Crippen LogP contribution in [0.1, 0.15) is 59.1 Å². The maximum atomic E-state index is 13.7. The number of nitrogens with zero attached hydrogens (tertiary/aromatic N) is 3. The van der Waals surface area contributed by atoms with E-state index in [9.17, 15) is 8.78 Å². The van der Waals surface area contributed by atoms with Gasteiger partial charge in [0.2, 0.25) is 0 Å². The Labute approximate surface area is 207 Å². The third-order valence-corrected chi connectivity index (χ3v) is 7.10. The minimum atomic E-state index is -2.51. The number of hydrogen-bond donors (Lipinski definition) is 1. The second kappa shape index (κ2) is 11.1. The highest BCUT2D eigenvalue weighted by Gasteiger charge is 2.18. The number of halogens is 2. The van der Waals surface area contributed by atoms with E-state index in [4.69, 9.17) is 0 Å². The number of aryl methyl sites for hydroxylation is 5. The van der Waals surface area contributed by atoms with Crippen molar-refractivity contribution in [1.29, 1.82) is 0 Å². The van der Waals surface area contributed by atoms with Gasteiger partial charge < -0.3 is 10.2 Å². The van der Waals surface area contributed by atoms with Gasteiger partial charge in [0.15, 0.2) is 0 Å². The Balaban J connectivity index is 1.41. The lowest BCUT2D eigenvalue weighted by atomic mass is 9.92. The summed E-state index contributed by atoms with van der Waals surface area (Å²) in [5.74, 6) is 0.974. The van der Waals surface area contributed by atoms with Gasteiger partial charge in [-0.3, -0.25) is 4.68 Å². The lowest BCUT2D eigenvalue weighted by molar-refractivity contribution is 0.152. The predicted molar refractivity (Wildman–Crippen MR) is 138 cm³/mol. The second-order valence-corrected chi connectivity index (χ2v) is 9.60. The third-order valence-electron chi connectivity index (χ3n) is 7.10. The van der Waals surface area contributed by atoms with Gasteiger partial charge >= 0.3 is 0 Å². The van der Waals surface area contributed by atoms with Crippen molar-refractivity contribution in [2.75, 3.05) is 13.6 Å². The van der Waals surface area contributed by atoms with Crippen LogP contribution in [0, 0.1) is 6.92 Å². The molecule has 1 aliphatic heterocycles. The minimum Gasteiger partial charge on any atom is -0.375 e. The largest absolute Gasteiger partial charge is 0.375 e. The van der Waals surface area contributed by atoms with Crippen LogP contribution < -0.4 is 5.32 Å². The molecule has 6 heteroatoms. The molecule has 1 aliphatic rings. The van der Waals surface area contributed by atoms with Crippen LogP contribution in [0.25, 0.3) is 11.1 Å². The summed E-state index contributed by atoms with van der Waals surface area (Å²) >= 11 is 0. The molecule has 0 unspecified atom stereocenters. The summed E-state index contributed by atoms with van der Waals surface area (Å²) in [4.78, 5) is 2.32. The number of nitrogens with one attached hydrogen (secondary N) is 1. The molecule has 0 spiro atoms. The molecule has 0 aliphatic carbocycles. The molecular formula is C29H36F2N4. The molecule has 0 saturated heterocycles. The smallest absolute Gasteiger partial charge is 0.264 e. The fraction of sp³-hybridized carbons (Fsp3) is 0.414. The Morgan fingerprint density at radius 3 is 2.66 bits per heavy atom. The van der Waals surface area contributed by atoms with Crippen LogP contribution in [-0.4, -0.2) is 28.3 Å². The Morgan fingerprint density at radius 2 is 1.94 bits per heavy atom. The monoisotopic (exact) mass is 478 g/mol. The Bertz CT molecular complexity index is 1180. The van der Waals surface area contributed by atoms with Crippen LogP contribution in [0.3, 0.4) is 0 Å². The van der Waals surface area contributed by atoms with Gasteiger partial charge in [0.05, 0.1) is 12.0 Å². The van der Waals surface area contributed by atoms with Crippen molar-refractivity contribution in [1.82, 2.24) is 20.0 Å². The zero-order chi connectivity index (χ0) is 24.9. The van der Waals surface area contributed by atoms with E-state index in [1.165, 1.54) is 16.7 Å². The highest BCUT2D eigenvalue weighted by atomic mass is 19.3. The van der Waals surface area contributed by atoms with Gasteiger partial charge in [-0.1, -0.05) is 30.8 Å². The molecule has 1 N–H and O–H groups in total. The topological polar surface area (TPSA) is 33.1 Å².